The van der Waals surface area contributed by atoms with Gasteiger partial charge in [0, 0.05) is 55.4 Å². The van der Waals surface area contributed by atoms with Crippen molar-refractivity contribution in [2.75, 3.05) is 38.1 Å². The van der Waals surface area contributed by atoms with Crippen LogP contribution in [0.1, 0.15) is 12.6 Å². The number of likely N-dealkylation sites (N-methyl/N-ethyl adjacent to an activating group) is 1. The molecule has 8 heteroatoms. The van der Waals surface area contributed by atoms with Crippen molar-refractivity contribution < 1.29 is 0 Å². The minimum atomic E-state index is 0.736. The van der Waals surface area contributed by atoms with Gasteiger partial charge in [-0.25, -0.2) is 4.98 Å². The number of rotatable bonds is 4. The predicted octanol–water partition coefficient (Wildman–Crippen LogP) is 1.79. The molecule has 5 rings (SSSR count). The molecule has 162 valence electrons. The van der Waals surface area contributed by atoms with Crippen LogP contribution in [-0.4, -0.2) is 68.3 Å². The molecule has 2 N–H and O–H groups in total. The molecule has 0 unspecified atom stereocenters. The van der Waals surface area contributed by atoms with E-state index in [0.717, 1.165) is 76.1 Å². The van der Waals surface area contributed by atoms with E-state index in [4.69, 9.17) is 4.98 Å². The molecular formula is C24H26N8. The van der Waals surface area contributed by atoms with Crippen LogP contribution in [-0.2, 0) is 0 Å². The second-order valence-corrected chi connectivity index (χ2v) is 8.02. The molecule has 0 radical (unpaired) electrons. The van der Waals surface area contributed by atoms with Crippen LogP contribution in [0.3, 0.4) is 0 Å². The van der Waals surface area contributed by atoms with Crippen LogP contribution in [0, 0.1) is 0 Å². The highest BCUT2D eigenvalue weighted by Gasteiger charge is 2.19. The maximum Gasteiger partial charge on any atom is 0.138 e. The summed E-state index contributed by atoms with van der Waals surface area (Å²) >= 11 is 0. The number of hydrogen-bond acceptors (Lipinski definition) is 6. The van der Waals surface area contributed by atoms with Gasteiger partial charge < -0.3 is 14.8 Å². The Bertz CT molecular complexity index is 1370. The Morgan fingerprint density at radius 3 is 2.72 bits per heavy atom. The minimum absolute atomic E-state index is 0.736. The van der Waals surface area contributed by atoms with Crippen LogP contribution in [0.25, 0.3) is 40.0 Å². The third-order valence-corrected chi connectivity index (χ3v) is 5.92. The van der Waals surface area contributed by atoms with Crippen molar-refractivity contribution >= 4 is 34.4 Å². The molecule has 0 amide bonds. The zero-order valence-corrected chi connectivity index (χ0v) is 18.3. The van der Waals surface area contributed by atoms with E-state index < -0.39 is 0 Å². The first-order chi connectivity index (χ1) is 15.6. The monoisotopic (exact) mass is 426 g/mol. The lowest BCUT2D eigenvalue weighted by Gasteiger charge is -2.33. The Morgan fingerprint density at radius 1 is 1.12 bits per heavy atom. The van der Waals surface area contributed by atoms with Gasteiger partial charge in [0.15, 0.2) is 0 Å². The van der Waals surface area contributed by atoms with Gasteiger partial charge in [0.05, 0.1) is 28.5 Å². The number of fused-ring (bicyclic) bond motifs is 1. The number of allylic oxidation sites excluding steroid dienone is 1. The Morgan fingerprint density at radius 2 is 1.97 bits per heavy atom. The second kappa shape index (κ2) is 8.39. The molecule has 1 saturated heterocycles. The number of H-pyrrole nitrogens is 2. The largest absolute Gasteiger partial charge is 0.353 e. The van der Waals surface area contributed by atoms with Gasteiger partial charge in [-0.2, -0.15) is 5.10 Å². The first-order valence-corrected chi connectivity index (χ1v) is 10.7. The Kier molecular flexibility index (Phi) is 5.28. The number of pyridine rings is 1. The van der Waals surface area contributed by atoms with Crippen LogP contribution < -0.4 is 15.5 Å². The van der Waals surface area contributed by atoms with Crippen molar-refractivity contribution in [2.24, 2.45) is 0 Å². The molecule has 1 aliphatic heterocycles. The van der Waals surface area contributed by atoms with E-state index in [1.165, 1.54) is 0 Å². The van der Waals surface area contributed by atoms with Crippen molar-refractivity contribution in [3.63, 3.8) is 0 Å². The average Bonchev–Trinajstić information content (AvgIpc) is 3.43. The van der Waals surface area contributed by atoms with E-state index in [1.54, 1.807) is 18.6 Å². The lowest BCUT2D eigenvalue weighted by atomic mass is 10.1. The highest BCUT2D eigenvalue weighted by Crippen LogP contribution is 2.28. The van der Waals surface area contributed by atoms with E-state index >= 15 is 0 Å². The summed E-state index contributed by atoms with van der Waals surface area (Å²) in [5.41, 5.74) is 4.34. The van der Waals surface area contributed by atoms with Crippen LogP contribution in [0.2, 0.25) is 0 Å². The molecule has 0 bridgehead atoms. The molecule has 4 aromatic heterocycles. The number of piperazine rings is 1. The lowest BCUT2D eigenvalue weighted by molar-refractivity contribution is 0.312. The van der Waals surface area contributed by atoms with E-state index in [2.05, 4.69) is 54.6 Å². The van der Waals surface area contributed by atoms with Crippen molar-refractivity contribution in [1.82, 2.24) is 35.0 Å². The maximum absolute atomic E-state index is 4.71. The number of nitrogens with one attached hydrogen (secondary N) is 2. The van der Waals surface area contributed by atoms with Crippen molar-refractivity contribution in [3.05, 3.63) is 59.8 Å². The first-order valence-electron chi connectivity index (χ1n) is 10.7. The van der Waals surface area contributed by atoms with Gasteiger partial charge in [-0.05, 0) is 37.8 Å². The molecule has 0 aromatic carbocycles. The summed E-state index contributed by atoms with van der Waals surface area (Å²) in [6.45, 7) is 10.2. The molecule has 32 heavy (non-hydrogen) atoms. The van der Waals surface area contributed by atoms with Crippen LogP contribution in [0.15, 0.2) is 43.5 Å². The molecule has 0 saturated carbocycles. The number of anilines is 1. The average molecular weight is 427 g/mol. The Hall–Kier alpha value is -3.78. The SMILES string of the molecule is C=C(/C=c1/c(-c2cc3c(N4CCN(C)CC4)nccc3[nH]2)n[nH]/c1=C/C)c1cnccn1. The van der Waals surface area contributed by atoms with Gasteiger partial charge in [0.25, 0.3) is 0 Å². The Labute approximate surface area is 186 Å². The van der Waals surface area contributed by atoms with E-state index in [0.29, 0.717) is 0 Å². The number of aromatic nitrogens is 6. The van der Waals surface area contributed by atoms with Gasteiger partial charge >= 0.3 is 0 Å². The highest BCUT2D eigenvalue weighted by molar-refractivity contribution is 5.94. The van der Waals surface area contributed by atoms with Gasteiger partial charge in [-0.1, -0.05) is 12.7 Å². The summed E-state index contributed by atoms with van der Waals surface area (Å²) in [5, 5.41) is 10.8. The molecule has 0 spiro atoms. The zero-order valence-electron chi connectivity index (χ0n) is 18.3. The molecule has 8 nitrogen and oxygen atoms in total. The van der Waals surface area contributed by atoms with E-state index in [1.807, 2.05) is 31.3 Å². The number of nitrogens with zero attached hydrogens (tertiary/aromatic N) is 6. The molecular weight excluding hydrogens is 400 g/mol. The number of aromatic amines is 2. The molecule has 1 aliphatic rings. The highest BCUT2D eigenvalue weighted by atomic mass is 15.3. The normalized spacial score (nSPS) is 16.2. The lowest BCUT2D eigenvalue weighted by Crippen LogP contribution is -2.44. The maximum atomic E-state index is 4.71. The first kappa shape index (κ1) is 20.1. The topological polar surface area (TPSA) is 89.6 Å². The predicted molar refractivity (Wildman–Crippen MR) is 128 cm³/mol. The van der Waals surface area contributed by atoms with Crippen LogP contribution in [0.4, 0.5) is 5.82 Å². The van der Waals surface area contributed by atoms with Crippen molar-refractivity contribution in [2.45, 2.75) is 6.92 Å². The molecule has 0 atom stereocenters. The third kappa shape index (κ3) is 3.69. The van der Waals surface area contributed by atoms with Crippen molar-refractivity contribution in [1.29, 1.82) is 0 Å². The Balaban J connectivity index is 1.60. The fourth-order valence-corrected chi connectivity index (χ4v) is 4.09. The van der Waals surface area contributed by atoms with E-state index in [9.17, 15) is 0 Å². The zero-order chi connectivity index (χ0) is 22.1. The second-order valence-electron chi connectivity index (χ2n) is 8.02. The van der Waals surface area contributed by atoms with Crippen LogP contribution >= 0.6 is 0 Å². The van der Waals surface area contributed by atoms with Gasteiger partial charge in [0.1, 0.15) is 11.5 Å². The molecule has 5 heterocycles. The van der Waals surface area contributed by atoms with E-state index in [-0.39, 0.29) is 0 Å². The summed E-state index contributed by atoms with van der Waals surface area (Å²) in [5.74, 6) is 1.02. The third-order valence-electron chi connectivity index (χ3n) is 5.92. The summed E-state index contributed by atoms with van der Waals surface area (Å²) in [7, 11) is 2.16. The molecule has 4 aromatic rings. The van der Waals surface area contributed by atoms with Crippen LogP contribution in [0.5, 0.6) is 0 Å². The minimum Gasteiger partial charge on any atom is -0.353 e. The summed E-state index contributed by atoms with van der Waals surface area (Å²) in [6.07, 6.45) is 10.9. The summed E-state index contributed by atoms with van der Waals surface area (Å²) in [4.78, 5) is 21.5. The van der Waals surface area contributed by atoms with Crippen molar-refractivity contribution in [3.8, 4) is 11.4 Å². The fraction of sp³-hybridized carbons (Fsp3) is 0.250. The standard InChI is InChI=1S/C24H26N8/c1-4-19-17(13-16(2)22-15-25-7-8-26-22)23(30-29-19)21-14-18-20(28-21)5-6-27-24(18)32-11-9-31(3)10-12-32/h4-8,13-15,28-29H,2,9-12H2,1,3H3/b17-13+,19-4+. The number of hydrogen-bond donors (Lipinski definition) is 2. The quantitative estimate of drug-likeness (QED) is 0.517. The van der Waals surface area contributed by atoms with Gasteiger partial charge in [-0.3, -0.25) is 15.1 Å². The van der Waals surface area contributed by atoms with Gasteiger partial charge in [0.2, 0.25) is 0 Å². The van der Waals surface area contributed by atoms with Gasteiger partial charge in [-0.15, -0.1) is 0 Å². The smallest absolute Gasteiger partial charge is 0.138 e. The molecule has 1 fully saturated rings. The fourth-order valence-electron chi connectivity index (χ4n) is 4.09. The molecule has 0 aliphatic carbocycles. The summed E-state index contributed by atoms with van der Waals surface area (Å²) < 4.78 is 0. The summed E-state index contributed by atoms with van der Waals surface area (Å²) in [6, 6.07) is 4.16.